The molecule has 31 heavy (non-hydrogen) atoms. The molecule has 0 spiro atoms. The molecule has 3 aliphatic rings. The third kappa shape index (κ3) is 5.16. The van der Waals surface area contributed by atoms with Gasteiger partial charge in [0, 0.05) is 13.0 Å². The van der Waals surface area contributed by atoms with Crippen LogP contribution in [0.25, 0.3) is 0 Å². The van der Waals surface area contributed by atoms with E-state index in [2.05, 4.69) is 5.32 Å². The minimum Gasteiger partial charge on any atom is -0.457 e. The molecule has 7 nitrogen and oxygen atoms in total. The normalized spacial score (nSPS) is 15.3. The van der Waals surface area contributed by atoms with E-state index in [9.17, 15) is 14.4 Å². The van der Waals surface area contributed by atoms with Crippen LogP contribution < -0.4 is 10.1 Å². The summed E-state index contributed by atoms with van der Waals surface area (Å²) in [4.78, 5) is 37.0. The summed E-state index contributed by atoms with van der Waals surface area (Å²) in [6.07, 6.45) is 0. The number of likely N-dealkylation sites (tertiary alicyclic amines) is 1. The van der Waals surface area contributed by atoms with Gasteiger partial charge in [-0.05, 0) is 37.1 Å². The Morgan fingerprint density at radius 1 is 1.06 bits per heavy atom. The number of carbonyl (C=O) groups excluding carboxylic acids is 3. The molecule has 0 aromatic heterocycles. The molecule has 1 atom stereocenters. The summed E-state index contributed by atoms with van der Waals surface area (Å²) < 4.78 is 10.3. The van der Waals surface area contributed by atoms with Crippen molar-refractivity contribution < 1.29 is 23.9 Å². The number of nitrogens with zero attached hydrogens (tertiary/aromatic N) is 1. The van der Waals surface area contributed by atoms with Crippen molar-refractivity contribution in [2.24, 2.45) is 0 Å². The number of fused-ring (bicyclic) bond motifs is 2. The Kier molecular flexibility index (Phi) is 6.81. The summed E-state index contributed by atoms with van der Waals surface area (Å²) in [5, 5.41) is 2.45. The third-order valence-corrected chi connectivity index (χ3v) is 4.85. The first-order valence-corrected chi connectivity index (χ1v) is 10.00. The van der Waals surface area contributed by atoms with Crippen LogP contribution in [0.5, 0.6) is 11.5 Å². The molecule has 8 heteroatoms. The fraction of sp³-hybridized carbons (Fsp3) is 0.217. The second kappa shape index (κ2) is 9.53. The monoisotopic (exact) mass is 438 g/mol. The number of ether oxygens (including phenoxy) is 2. The van der Waals surface area contributed by atoms with Crippen molar-refractivity contribution in [3.05, 3.63) is 71.4 Å². The Morgan fingerprint density at radius 2 is 1.68 bits per heavy atom. The van der Waals surface area contributed by atoms with Gasteiger partial charge in [0.15, 0.2) is 6.04 Å². The van der Waals surface area contributed by atoms with E-state index in [-0.39, 0.29) is 23.2 Å². The van der Waals surface area contributed by atoms with Gasteiger partial charge in [-0.1, -0.05) is 48.6 Å². The van der Waals surface area contributed by atoms with Crippen LogP contribution in [0.4, 0.5) is 0 Å². The van der Waals surface area contributed by atoms with Crippen molar-refractivity contribution in [3.8, 4) is 11.5 Å². The van der Waals surface area contributed by atoms with E-state index in [0.29, 0.717) is 5.57 Å². The van der Waals surface area contributed by atoms with E-state index in [1.54, 1.807) is 13.8 Å². The van der Waals surface area contributed by atoms with E-state index >= 15 is 0 Å². The van der Waals surface area contributed by atoms with Crippen LogP contribution in [0.2, 0.25) is 0 Å². The number of rotatable bonds is 5. The maximum atomic E-state index is 12.4. The molecule has 0 radical (unpaired) electrons. The molecular formula is C23H22N2O5S. The Bertz CT molecular complexity index is 1020. The molecule has 1 unspecified atom stereocenters. The third-order valence-electron chi connectivity index (χ3n) is 4.43. The number of hydrogen-bond acceptors (Lipinski definition) is 6. The van der Waals surface area contributed by atoms with Crippen molar-refractivity contribution in [1.82, 2.24) is 10.2 Å². The second-order valence-corrected chi connectivity index (χ2v) is 7.55. The fourth-order valence-corrected chi connectivity index (χ4v) is 3.28. The van der Waals surface area contributed by atoms with Gasteiger partial charge >= 0.3 is 5.97 Å². The molecule has 5 rings (SSSR count). The lowest BCUT2D eigenvalue weighted by Crippen LogP contribution is -2.67. The second-order valence-electron chi connectivity index (χ2n) is 7.13. The zero-order chi connectivity index (χ0) is 22.5. The van der Waals surface area contributed by atoms with Gasteiger partial charge in [0.2, 0.25) is 5.91 Å². The smallest absolute Gasteiger partial charge is 0.355 e. The molecule has 3 aliphatic heterocycles. The number of esters is 1. The van der Waals surface area contributed by atoms with Crippen molar-refractivity contribution in [2.75, 3.05) is 0 Å². The molecule has 2 aromatic rings. The molecule has 1 N–H and O–H groups in total. The Balaban J connectivity index is 0.000000322. The quantitative estimate of drug-likeness (QED) is 0.284. The first-order valence-electron chi connectivity index (χ1n) is 9.59. The van der Waals surface area contributed by atoms with Crippen LogP contribution in [0.1, 0.15) is 26.3 Å². The van der Waals surface area contributed by atoms with Crippen LogP contribution in [0.3, 0.4) is 0 Å². The molecule has 2 amide bonds. The zero-order valence-corrected chi connectivity index (χ0v) is 18.2. The molecule has 2 aromatic carbocycles. The number of amides is 2. The van der Waals surface area contributed by atoms with Crippen molar-refractivity contribution in [1.29, 1.82) is 0 Å². The summed E-state index contributed by atoms with van der Waals surface area (Å²) >= 11 is 5.16. The zero-order valence-electron chi connectivity index (χ0n) is 17.4. The highest BCUT2D eigenvalue weighted by atomic mass is 32.1. The Hall–Kier alpha value is -3.52. The Labute approximate surface area is 185 Å². The van der Waals surface area contributed by atoms with Crippen LogP contribution >= 0.6 is 12.2 Å². The lowest BCUT2D eigenvalue weighted by molar-refractivity contribution is -0.145. The molecule has 0 aliphatic carbocycles. The molecule has 3 heterocycles. The number of β-lactam (4-membered cyclic amide) rings is 1. The van der Waals surface area contributed by atoms with Gasteiger partial charge in [0.05, 0.1) is 0 Å². The lowest BCUT2D eigenvalue weighted by Gasteiger charge is -2.39. The van der Waals surface area contributed by atoms with Gasteiger partial charge in [-0.2, -0.15) is 0 Å². The van der Waals surface area contributed by atoms with Gasteiger partial charge in [-0.3, -0.25) is 14.5 Å². The highest BCUT2D eigenvalue weighted by molar-refractivity contribution is 7.80. The topological polar surface area (TPSA) is 84.9 Å². The molecule has 2 bridgehead atoms. The van der Waals surface area contributed by atoms with E-state index in [1.165, 1.54) is 6.92 Å². The largest absolute Gasteiger partial charge is 0.457 e. The van der Waals surface area contributed by atoms with Gasteiger partial charge in [0.25, 0.3) is 5.91 Å². The summed E-state index contributed by atoms with van der Waals surface area (Å²) in [6, 6.07) is 16.2. The standard InChI is InChI=1S/C17H18N2O4S.C6H4O/c1-10(2)14(17(22)23-9-12-7-5-4-6-8-12)19-15(21)13(16(19)24)18-11(3)20;1-2-5-4-6(3-1)7-5/h4-8,13H,9H2,1-3H3,(H,18,20);1-4H. The van der Waals surface area contributed by atoms with Gasteiger partial charge in [0.1, 0.15) is 28.8 Å². The molecule has 1 fully saturated rings. The summed E-state index contributed by atoms with van der Waals surface area (Å²) in [5.41, 5.74) is 1.54. The van der Waals surface area contributed by atoms with E-state index < -0.39 is 17.9 Å². The first-order chi connectivity index (χ1) is 14.8. The summed E-state index contributed by atoms with van der Waals surface area (Å²) in [6.45, 7) is 4.79. The molecular weight excluding hydrogens is 416 g/mol. The number of carbonyl (C=O) groups is 3. The predicted molar refractivity (Wildman–Crippen MR) is 118 cm³/mol. The van der Waals surface area contributed by atoms with E-state index in [1.807, 2.05) is 54.6 Å². The molecule has 0 saturated carbocycles. The molecule has 1 saturated heterocycles. The van der Waals surface area contributed by atoms with Crippen LogP contribution in [0, 0.1) is 0 Å². The van der Waals surface area contributed by atoms with Crippen molar-refractivity contribution in [2.45, 2.75) is 33.4 Å². The SMILES string of the molecule is CC(=O)NC1C(=O)N(C(C(=O)OCc2ccccc2)=C(C)C)C1=S.c1cc2cc(c1)O2. The maximum Gasteiger partial charge on any atom is 0.355 e. The minimum absolute atomic E-state index is 0.0976. The van der Waals surface area contributed by atoms with Gasteiger partial charge in [-0.25, -0.2) is 4.79 Å². The van der Waals surface area contributed by atoms with E-state index in [0.717, 1.165) is 22.0 Å². The number of benzene rings is 2. The van der Waals surface area contributed by atoms with Crippen LogP contribution in [-0.4, -0.2) is 33.7 Å². The number of allylic oxidation sites excluding steroid dienone is 1. The minimum atomic E-state index is -0.867. The number of nitrogens with one attached hydrogen (secondary N) is 1. The highest BCUT2D eigenvalue weighted by Gasteiger charge is 2.47. The van der Waals surface area contributed by atoms with E-state index in [4.69, 9.17) is 21.7 Å². The summed E-state index contributed by atoms with van der Waals surface area (Å²) in [5.74, 6) is 0.537. The van der Waals surface area contributed by atoms with Gasteiger partial charge in [-0.15, -0.1) is 0 Å². The van der Waals surface area contributed by atoms with Crippen LogP contribution in [0.15, 0.2) is 65.9 Å². The number of thiocarbonyl (C=S) groups is 1. The maximum absolute atomic E-state index is 12.4. The predicted octanol–water partition coefficient (Wildman–Crippen LogP) is 3.49. The highest BCUT2D eigenvalue weighted by Crippen LogP contribution is 2.33. The molecule has 160 valence electrons. The average molecular weight is 439 g/mol. The van der Waals surface area contributed by atoms with Gasteiger partial charge < -0.3 is 14.8 Å². The van der Waals surface area contributed by atoms with Crippen molar-refractivity contribution >= 4 is 35.0 Å². The fourth-order valence-electron chi connectivity index (χ4n) is 2.94. The van der Waals surface area contributed by atoms with Crippen LogP contribution in [-0.2, 0) is 25.7 Å². The summed E-state index contributed by atoms with van der Waals surface area (Å²) in [7, 11) is 0. The van der Waals surface area contributed by atoms with Crippen molar-refractivity contribution in [3.63, 3.8) is 0 Å². The first kappa shape index (κ1) is 22.2. The number of hydrogen-bond donors (Lipinski definition) is 1. The Morgan fingerprint density at radius 3 is 2.10 bits per heavy atom. The lowest BCUT2D eigenvalue weighted by atomic mass is 10.0. The average Bonchev–Trinajstić information content (AvgIpc) is 2.75.